The molecule has 0 radical (unpaired) electrons. The highest BCUT2D eigenvalue weighted by Gasteiger charge is 2.11. The number of pyridine rings is 1. The molecular weight excluding hydrogens is 314 g/mol. The minimum absolute atomic E-state index is 0.00762. The molecule has 0 saturated heterocycles. The van der Waals surface area contributed by atoms with Crippen molar-refractivity contribution in [3.8, 4) is 11.8 Å². The molecule has 2 N–H and O–H groups in total. The first-order valence-electron chi connectivity index (χ1n) is 7.69. The van der Waals surface area contributed by atoms with Crippen molar-refractivity contribution in [3.05, 3.63) is 77.5 Å². The SMILES string of the molecule is N#CC(=Cc1ccc(O)c2ncccc12)C(=O)NCc1ccccc1. The van der Waals surface area contributed by atoms with Crippen LogP contribution in [0.25, 0.3) is 17.0 Å². The van der Waals surface area contributed by atoms with E-state index in [1.807, 2.05) is 36.4 Å². The second kappa shape index (κ2) is 7.28. The summed E-state index contributed by atoms with van der Waals surface area (Å²) in [6.07, 6.45) is 3.08. The highest BCUT2D eigenvalue weighted by atomic mass is 16.3. The Kier molecular flexibility index (Phi) is 4.72. The zero-order valence-corrected chi connectivity index (χ0v) is 13.3. The predicted molar refractivity (Wildman–Crippen MR) is 95.3 cm³/mol. The van der Waals surface area contributed by atoms with Gasteiger partial charge in [0.25, 0.3) is 5.91 Å². The summed E-state index contributed by atoms with van der Waals surface area (Å²) in [6.45, 7) is 0.344. The van der Waals surface area contributed by atoms with Crippen molar-refractivity contribution in [1.82, 2.24) is 10.3 Å². The van der Waals surface area contributed by atoms with Gasteiger partial charge in [0.05, 0.1) is 0 Å². The van der Waals surface area contributed by atoms with E-state index in [9.17, 15) is 15.2 Å². The summed E-state index contributed by atoms with van der Waals surface area (Å²) in [6, 6.07) is 18.1. The third kappa shape index (κ3) is 3.65. The van der Waals surface area contributed by atoms with E-state index in [1.165, 1.54) is 12.1 Å². The van der Waals surface area contributed by atoms with E-state index in [0.717, 1.165) is 5.56 Å². The van der Waals surface area contributed by atoms with Crippen LogP contribution in [0.4, 0.5) is 0 Å². The maximum absolute atomic E-state index is 12.3. The van der Waals surface area contributed by atoms with Crippen molar-refractivity contribution in [2.75, 3.05) is 0 Å². The van der Waals surface area contributed by atoms with Gasteiger partial charge in [-0.1, -0.05) is 42.5 Å². The van der Waals surface area contributed by atoms with E-state index in [-0.39, 0.29) is 11.3 Å². The van der Waals surface area contributed by atoms with Gasteiger partial charge in [-0.3, -0.25) is 9.78 Å². The number of fused-ring (bicyclic) bond motifs is 1. The lowest BCUT2D eigenvalue weighted by Crippen LogP contribution is -2.23. The topological polar surface area (TPSA) is 86.0 Å². The van der Waals surface area contributed by atoms with Crippen LogP contribution < -0.4 is 5.32 Å². The zero-order chi connectivity index (χ0) is 17.6. The van der Waals surface area contributed by atoms with Gasteiger partial charge < -0.3 is 10.4 Å². The first-order valence-corrected chi connectivity index (χ1v) is 7.69. The second-order valence-electron chi connectivity index (χ2n) is 5.41. The fourth-order valence-corrected chi connectivity index (χ4v) is 2.48. The molecule has 1 amide bonds. The number of nitrogens with one attached hydrogen (secondary N) is 1. The van der Waals surface area contributed by atoms with E-state index in [1.54, 1.807) is 24.4 Å². The molecule has 0 bridgehead atoms. The smallest absolute Gasteiger partial charge is 0.262 e. The molecule has 0 saturated carbocycles. The van der Waals surface area contributed by atoms with Crippen LogP contribution in [0.1, 0.15) is 11.1 Å². The van der Waals surface area contributed by atoms with E-state index in [0.29, 0.717) is 23.0 Å². The molecule has 0 aliphatic heterocycles. The van der Waals surface area contributed by atoms with E-state index < -0.39 is 5.91 Å². The summed E-state index contributed by atoms with van der Waals surface area (Å²) < 4.78 is 0. The van der Waals surface area contributed by atoms with Gasteiger partial charge in [0, 0.05) is 18.1 Å². The number of carbonyl (C=O) groups excluding carboxylic acids is 1. The van der Waals surface area contributed by atoms with Crippen LogP contribution >= 0.6 is 0 Å². The molecule has 122 valence electrons. The average molecular weight is 329 g/mol. The van der Waals surface area contributed by atoms with E-state index >= 15 is 0 Å². The van der Waals surface area contributed by atoms with E-state index in [2.05, 4.69) is 10.3 Å². The Hall–Kier alpha value is -3.65. The number of carbonyl (C=O) groups is 1. The summed E-state index contributed by atoms with van der Waals surface area (Å²) in [5.41, 5.74) is 2.02. The summed E-state index contributed by atoms with van der Waals surface area (Å²) >= 11 is 0. The van der Waals surface area contributed by atoms with Crippen LogP contribution in [0.15, 0.2) is 66.4 Å². The lowest BCUT2D eigenvalue weighted by molar-refractivity contribution is -0.117. The maximum Gasteiger partial charge on any atom is 0.262 e. The molecule has 0 fully saturated rings. The van der Waals surface area contributed by atoms with Crippen molar-refractivity contribution in [2.24, 2.45) is 0 Å². The second-order valence-corrected chi connectivity index (χ2v) is 5.41. The number of hydrogen-bond acceptors (Lipinski definition) is 4. The Balaban J connectivity index is 1.87. The Bertz CT molecular complexity index is 989. The monoisotopic (exact) mass is 329 g/mol. The summed E-state index contributed by atoms with van der Waals surface area (Å²) in [5.74, 6) is -0.392. The third-order valence-corrected chi connectivity index (χ3v) is 3.74. The van der Waals surface area contributed by atoms with Crippen LogP contribution in [0.5, 0.6) is 5.75 Å². The van der Waals surface area contributed by atoms with Gasteiger partial charge in [-0.05, 0) is 29.3 Å². The largest absolute Gasteiger partial charge is 0.506 e. The van der Waals surface area contributed by atoms with Gasteiger partial charge in [-0.25, -0.2) is 0 Å². The molecule has 3 rings (SSSR count). The van der Waals surface area contributed by atoms with Gasteiger partial charge in [-0.15, -0.1) is 0 Å². The molecule has 0 unspecified atom stereocenters. The van der Waals surface area contributed by atoms with Crippen LogP contribution in [-0.2, 0) is 11.3 Å². The molecule has 25 heavy (non-hydrogen) atoms. The van der Waals surface area contributed by atoms with E-state index in [4.69, 9.17) is 0 Å². The van der Waals surface area contributed by atoms with Crippen LogP contribution in [0.2, 0.25) is 0 Å². The standard InChI is InChI=1S/C20H15N3O2/c21-12-16(20(25)23-13-14-5-2-1-3-6-14)11-15-8-9-18(24)19-17(15)7-4-10-22-19/h1-11,24H,13H2,(H,23,25). The minimum atomic E-state index is -0.448. The van der Waals surface area contributed by atoms with Gasteiger partial charge in [-0.2, -0.15) is 5.26 Å². The summed E-state index contributed by atoms with van der Waals surface area (Å²) in [5, 5.41) is 22.6. The molecule has 1 heterocycles. The normalized spacial score (nSPS) is 11.1. The summed E-state index contributed by atoms with van der Waals surface area (Å²) in [4.78, 5) is 16.4. The molecular formula is C20H15N3O2. The van der Waals surface area contributed by atoms with Crippen LogP contribution in [-0.4, -0.2) is 16.0 Å². The highest BCUT2D eigenvalue weighted by Crippen LogP contribution is 2.26. The lowest BCUT2D eigenvalue weighted by atomic mass is 10.0. The molecule has 0 aliphatic carbocycles. The molecule has 3 aromatic rings. The fourth-order valence-electron chi connectivity index (χ4n) is 2.48. The molecule has 2 aromatic carbocycles. The molecule has 1 aromatic heterocycles. The van der Waals surface area contributed by atoms with Crippen LogP contribution in [0.3, 0.4) is 0 Å². The first kappa shape index (κ1) is 16.2. The Morgan fingerprint density at radius 2 is 1.96 bits per heavy atom. The molecule has 0 spiro atoms. The van der Waals surface area contributed by atoms with Gasteiger partial charge >= 0.3 is 0 Å². The molecule has 5 heteroatoms. The minimum Gasteiger partial charge on any atom is -0.506 e. The van der Waals surface area contributed by atoms with Crippen molar-refractivity contribution in [2.45, 2.75) is 6.54 Å². The number of phenols is 1. The number of amides is 1. The number of rotatable bonds is 4. The lowest BCUT2D eigenvalue weighted by Gasteiger charge is -2.06. The number of aromatic nitrogens is 1. The molecule has 0 aliphatic rings. The number of aromatic hydroxyl groups is 1. The molecule has 0 atom stereocenters. The number of benzene rings is 2. The zero-order valence-electron chi connectivity index (χ0n) is 13.3. The number of nitriles is 1. The first-order chi connectivity index (χ1) is 12.2. The fraction of sp³-hybridized carbons (Fsp3) is 0.0500. The predicted octanol–water partition coefficient (Wildman–Crippen LogP) is 3.16. The quantitative estimate of drug-likeness (QED) is 0.568. The van der Waals surface area contributed by atoms with Crippen molar-refractivity contribution >= 4 is 22.9 Å². The third-order valence-electron chi connectivity index (χ3n) is 3.74. The average Bonchev–Trinajstić information content (AvgIpc) is 2.67. The van der Waals surface area contributed by atoms with Crippen molar-refractivity contribution in [1.29, 1.82) is 5.26 Å². The van der Waals surface area contributed by atoms with Gasteiger partial charge in [0.2, 0.25) is 0 Å². The summed E-state index contributed by atoms with van der Waals surface area (Å²) in [7, 11) is 0. The number of phenolic OH excluding ortho intramolecular Hbond substituents is 1. The Morgan fingerprint density at radius 1 is 1.16 bits per heavy atom. The van der Waals surface area contributed by atoms with Crippen molar-refractivity contribution < 1.29 is 9.90 Å². The van der Waals surface area contributed by atoms with Gasteiger partial charge in [0.1, 0.15) is 22.9 Å². The number of nitrogens with zero attached hydrogens (tertiary/aromatic N) is 2. The number of hydrogen-bond donors (Lipinski definition) is 2. The molecule has 5 nitrogen and oxygen atoms in total. The van der Waals surface area contributed by atoms with Crippen LogP contribution in [0, 0.1) is 11.3 Å². The Morgan fingerprint density at radius 3 is 2.72 bits per heavy atom. The maximum atomic E-state index is 12.3. The van der Waals surface area contributed by atoms with Gasteiger partial charge in [0.15, 0.2) is 0 Å². The highest BCUT2D eigenvalue weighted by molar-refractivity contribution is 6.04. The Labute approximate surface area is 144 Å². The van der Waals surface area contributed by atoms with Crippen molar-refractivity contribution in [3.63, 3.8) is 0 Å².